The molecule has 2 aliphatic heterocycles. The molecule has 2 aliphatic rings. The van der Waals surface area contributed by atoms with E-state index in [1.807, 2.05) is 42.2 Å². The average molecular weight is 398 g/mol. The highest BCUT2D eigenvalue weighted by molar-refractivity contribution is 5.91. The lowest BCUT2D eigenvalue weighted by atomic mass is 9.80. The molecular formula is C24H31NO4. The first-order valence-corrected chi connectivity index (χ1v) is 10.6. The van der Waals surface area contributed by atoms with Crippen molar-refractivity contribution in [2.24, 2.45) is 5.92 Å². The van der Waals surface area contributed by atoms with Crippen LogP contribution in [0.5, 0.6) is 0 Å². The van der Waals surface area contributed by atoms with Crippen LogP contribution >= 0.6 is 0 Å². The second-order valence-electron chi connectivity index (χ2n) is 7.65. The van der Waals surface area contributed by atoms with Gasteiger partial charge >= 0.3 is 0 Å². The maximum Gasteiger partial charge on any atom is 0.288 e. The SMILES string of the molecule is C#Cc1ccc([C@H]2C=C(C(=O)N3CCCCC3)O[C@@H](OCC)[C@@H]2CCCO)cc1. The fourth-order valence-corrected chi connectivity index (χ4v) is 4.19. The molecule has 0 aromatic heterocycles. The molecule has 3 rings (SSSR count). The molecule has 3 atom stereocenters. The van der Waals surface area contributed by atoms with Crippen LogP contribution in [-0.4, -0.2) is 48.5 Å². The van der Waals surface area contributed by atoms with Crippen LogP contribution in [0.2, 0.25) is 0 Å². The smallest absolute Gasteiger partial charge is 0.288 e. The number of aliphatic hydroxyl groups excluding tert-OH is 1. The van der Waals surface area contributed by atoms with E-state index in [9.17, 15) is 9.90 Å². The first-order valence-electron chi connectivity index (χ1n) is 10.6. The van der Waals surface area contributed by atoms with Crippen LogP contribution in [-0.2, 0) is 14.3 Å². The van der Waals surface area contributed by atoms with Gasteiger partial charge in [0.1, 0.15) is 0 Å². The van der Waals surface area contributed by atoms with Gasteiger partial charge in [0.2, 0.25) is 6.29 Å². The van der Waals surface area contributed by atoms with Crippen molar-refractivity contribution in [3.63, 3.8) is 0 Å². The number of nitrogens with zero attached hydrogens (tertiary/aromatic N) is 1. The number of hydrogen-bond donors (Lipinski definition) is 1. The van der Waals surface area contributed by atoms with Gasteiger partial charge in [0.25, 0.3) is 5.91 Å². The van der Waals surface area contributed by atoms with Gasteiger partial charge in [0.05, 0.1) is 0 Å². The van der Waals surface area contributed by atoms with Crippen molar-refractivity contribution < 1.29 is 19.4 Å². The summed E-state index contributed by atoms with van der Waals surface area (Å²) in [5.74, 6) is 2.93. The van der Waals surface area contributed by atoms with E-state index in [1.165, 1.54) is 6.42 Å². The number of amides is 1. The van der Waals surface area contributed by atoms with Gasteiger partial charge in [-0.2, -0.15) is 0 Å². The number of ether oxygens (including phenoxy) is 2. The number of carbonyl (C=O) groups is 1. The average Bonchev–Trinajstić information content (AvgIpc) is 2.78. The molecule has 0 spiro atoms. The molecule has 1 saturated heterocycles. The molecule has 156 valence electrons. The fraction of sp³-hybridized carbons (Fsp3) is 0.542. The highest BCUT2D eigenvalue weighted by atomic mass is 16.7. The summed E-state index contributed by atoms with van der Waals surface area (Å²) in [5, 5.41) is 9.37. The largest absolute Gasteiger partial charge is 0.459 e. The normalized spacial score (nSPS) is 24.4. The zero-order valence-electron chi connectivity index (χ0n) is 17.2. The Balaban J connectivity index is 1.93. The Hall–Kier alpha value is -2.29. The second kappa shape index (κ2) is 10.5. The monoisotopic (exact) mass is 397 g/mol. The summed E-state index contributed by atoms with van der Waals surface area (Å²) in [6.45, 7) is 4.08. The standard InChI is InChI=1S/C24H31NO4/c1-3-18-10-12-19(13-11-18)21-17-22(23(27)25-14-6-5-7-15-25)29-24(28-4-2)20(21)9-8-16-26/h1,10-13,17,20-21,24,26H,4-9,14-16H2,2H3/t20-,21-,24-/m1/s1. The molecule has 1 aromatic rings. The Morgan fingerprint density at radius 2 is 2.00 bits per heavy atom. The van der Waals surface area contributed by atoms with E-state index in [0.29, 0.717) is 18.8 Å². The van der Waals surface area contributed by atoms with Crippen molar-refractivity contribution in [1.29, 1.82) is 0 Å². The molecule has 5 heteroatoms. The molecular weight excluding hydrogens is 366 g/mol. The van der Waals surface area contributed by atoms with Crippen LogP contribution in [0, 0.1) is 18.3 Å². The van der Waals surface area contributed by atoms with E-state index in [4.69, 9.17) is 15.9 Å². The van der Waals surface area contributed by atoms with Gasteiger partial charge in [-0.05, 0) is 62.8 Å². The summed E-state index contributed by atoms with van der Waals surface area (Å²) < 4.78 is 12.0. The van der Waals surface area contributed by atoms with Crippen LogP contribution < -0.4 is 0 Å². The number of benzene rings is 1. The number of likely N-dealkylation sites (tertiary alicyclic amines) is 1. The maximum absolute atomic E-state index is 13.1. The lowest BCUT2D eigenvalue weighted by molar-refractivity contribution is -0.170. The Morgan fingerprint density at radius 1 is 1.28 bits per heavy atom. The highest BCUT2D eigenvalue weighted by Crippen LogP contribution is 2.40. The van der Waals surface area contributed by atoms with Gasteiger partial charge < -0.3 is 19.5 Å². The maximum atomic E-state index is 13.1. The third-order valence-electron chi connectivity index (χ3n) is 5.73. The quantitative estimate of drug-likeness (QED) is 0.716. The van der Waals surface area contributed by atoms with Crippen LogP contribution in [0.1, 0.15) is 56.1 Å². The summed E-state index contributed by atoms with van der Waals surface area (Å²) in [7, 11) is 0. The topological polar surface area (TPSA) is 59.0 Å². The zero-order chi connectivity index (χ0) is 20.6. The summed E-state index contributed by atoms with van der Waals surface area (Å²) in [6, 6.07) is 7.87. The zero-order valence-corrected chi connectivity index (χ0v) is 17.2. The van der Waals surface area contributed by atoms with Crippen molar-refractivity contribution in [1.82, 2.24) is 4.90 Å². The van der Waals surface area contributed by atoms with E-state index in [0.717, 1.165) is 43.5 Å². The fourth-order valence-electron chi connectivity index (χ4n) is 4.19. The molecule has 2 heterocycles. The number of aliphatic hydroxyl groups is 1. The molecule has 1 N–H and O–H groups in total. The summed E-state index contributed by atoms with van der Waals surface area (Å²) >= 11 is 0. The number of piperidine rings is 1. The Morgan fingerprint density at radius 3 is 2.62 bits per heavy atom. The second-order valence-corrected chi connectivity index (χ2v) is 7.65. The molecule has 29 heavy (non-hydrogen) atoms. The van der Waals surface area contributed by atoms with Crippen molar-refractivity contribution in [3.8, 4) is 12.3 Å². The van der Waals surface area contributed by atoms with E-state index >= 15 is 0 Å². The van der Waals surface area contributed by atoms with Gasteiger partial charge in [-0.1, -0.05) is 18.1 Å². The number of hydrogen-bond acceptors (Lipinski definition) is 4. The minimum absolute atomic E-state index is 0.0108. The molecule has 0 saturated carbocycles. The lowest BCUT2D eigenvalue weighted by Gasteiger charge is -2.38. The highest BCUT2D eigenvalue weighted by Gasteiger charge is 2.38. The van der Waals surface area contributed by atoms with Crippen LogP contribution in [0.25, 0.3) is 0 Å². The Kier molecular flexibility index (Phi) is 7.74. The predicted octanol–water partition coefficient (Wildman–Crippen LogP) is 3.43. The number of carbonyl (C=O) groups excluding carboxylic acids is 1. The molecule has 0 radical (unpaired) electrons. The van der Waals surface area contributed by atoms with E-state index in [2.05, 4.69) is 5.92 Å². The molecule has 0 unspecified atom stereocenters. The van der Waals surface area contributed by atoms with Gasteiger partial charge in [0.15, 0.2) is 5.76 Å². The lowest BCUT2D eigenvalue weighted by Crippen LogP contribution is -2.42. The number of rotatable bonds is 7. The van der Waals surface area contributed by atoms with E-state index < -0.39 is 6.29 Å². The Bertz CT molecular complexity index is 743. The molecule has 1 amide bonds. The molecule has 0 aliphatic carbocycles. The van der Waals surface area contributed by atoms with Crippen LogP contribution in [0.3, 0.4) is 0 Å². The predicted molar refractivity (Wildman–Crippen MR) is 112 cm³/mol. The molecule has 5 nitrogen and oxygen atoms in total. The number of allylic oxidation sites excluding steroid dienone is 1. The molecule has 1 aromatic carbocycles. The van der Waals surface area contributed by atoms with Crippen molar-refractivity contribution in [3.05, 3.63) is 47.2 Å². The van der Waals surface area contributed by atoms with Gasteiger partial charge in [-0.3, -0.25) is 4.79 Å². The minimum atomic E-state index is -0.516. The van der Waals surface area contributed by atoms with Crippen molar-refractivity contribution in [2.45, 2.75) is 51.2 Å². The molecule has 1 fully saturated rings. The first kappa shape index (κ1) is 21.4. The van der Waals surface area contributed by atoms with Gasteiger partial charge in [-0.25, -0.2) is 0 Å². The first-order chi connectivity index (χ1) is 14.2. The Labute approximate surface area is 173 Å². The van der Waals surface area contributed by atoms with Gasteiger partial charge in [0, 0.05) is 43.7 Å². The van der Waals surface area contributed by atoms with Crippen LogP contribution in [0.4, 0.5) is 0 Å². The third kappa shape index (κ3) is 5.20. The van der Waals surface area contributed by atoms with E-state index in [-0.39, 0.29) is 24.3 Å². The summed E-state index contributed by atoms with van der Waals surface area (Å²) in [4.78, 5) is 15.0. The van der Waals surface area contributed by atoms with Crippen molar-refractivity contribution >= 4 is 5.91 Å². The van der Waals surface area contributed by atoms with E-state index in [1.54, 1.807) is 0 Å². The third-order valence-corrected chi connectivity index (χ3v) is 5.73. The summed E-state index contributed by atoms with van der Waals surface area (Å²) in [6.07, 6.45) is 11.5. The summed E-state index contributed by atoms with van der Waals surface area (Å²) in [5.41, 5.74) is 1.89. The van der Waals surface area contributed by atoms with Crippen LogP contribution in [0.15, 0.2) is 36.1 Å². The van der Waals surface area contributed by atoms with Crippen molar-refractivity contribution in [2.75, 3.05) is 26.3 Å². The molecule has 0 bridgehead atoms. The number of terminal acetylenes is 1. The van der Waals surface area contributed by atoms with Gasteiger partial charge in [-0.15, -0.1) is 6.42 Å². The minimum Gasteiger partial charge on any atom is -0.459 e.